The van der Waals surface area contributed by atoms with Crippen molar-refractivity contribution < 1.29 is 14.5 Å². The number of rotatable bonds is 8. The van der Waals surface area contributed by atoms with Crippen LogP contribution < -0.4 is 10.1 Å². The van der Waals surface area contributed by atoms with E-state index in [1.807, 2.05) is 37.3 Å². The van der Waals surface area contributed by atoms with E-state index in [-0.39, 0.29) is 24.2 Å². The number of ether oxygens (including phenoxy) is 1. The molecule has 0 radical (unpaired) electrons. The van der Waals surface area contributed by atoms with Crippen LogP contribution in [0.2, 0.25) is 0 Å². The molecule has 1 unspecified atom stereocenters. The van der Waals surface area contributed by atoms with Crippen molar-refractivity contribution in [2.75, 3.05) is 6.61 Å². The van der Waals surface area contributed by atoms with Gasteiger partial charge in [0.15, 0.2) is 6.61 Å². The minimum absolute atomic E-state index is 0.00934. The number of nitro benzene ring substituents is 1. The summed E-state index contributed by atoms with van der Waals surface area (Å²) in [4.78, 5) is 22.7. The van der Waals surface area contributed by atoms with Gasteiger partial charge in [-0.25, -0.2) is 0 Å². The molecule has 1 saturated carbocycles. The first-order valence-corrected chi connectivity index (χ1v) is 8.76. The van der Waals surface area contributed by atoms with E-state index in [2.05, 4.69) is 5.32 Å². The third-order valence-electron chi connectivity index (χ3n) is 4.57. The molecule has 6 heteroatoms. The van der Waals surface area contributed by atoms with Gasteiger partial charge < -0.3 is 10.1 Å². The van der Waals surface area contributed by atoms with Crippen LogP contribution in [0.5, 0.6) is 5.75 Å². The van der Waals surface area contributed by atoms with E-state index in [1.165, 1.54) is 12.1 Å². The molecule has 0 aliphatic heterocycles. The van der Waals surface area contributed by atoms with Crippen molar-refractivity contribution in [3.63, 3.8) is 0 Å². The Hall–Kier alpha value is -2.89. The molecule has 3 rings (SSSR count). The molecule has 1 fully saturated rings. The van der Waals surface area contributed by atoms with E-state index in [0.717, 1.165) is 18.4 Å². The van der Waals surface area contributed by atoms with Gasteiger partial charge in [0.25, 0.3) is 11.6 Å². The van der Waals surface area contributed by atoms with Crippen molar-refractivity contribution in [3.8, 4) is 5.75 Å². The zero-order valence-corrected chi connectivity index (χ0v) is 14.7. The lowest BCUT2D eigenvalue weighted by atomic mass is 10.0. The number of carbonyl (C=O) groups is 1. The summed E-state index contributed by atoms with van der Waals surface area (Å²) in [6, 6.07) is 14.3. The number of non-ortho nitro benzene ring substituents is 1. The van der Waals surface area contributed by atoms with Crippen molar-refractivity contribution in [1.29, 1.82) is 0 Å². The molecule has 1 N–H and O–H groups in total. The van der Waals surface area contributed by atoms with Crippen LogP contribution in [0.15, 0.2) is 48.5 Å². The summed E-state index contributed by atoms with van der Waals surface area (Å²) in [5.41, 5.74) is 1.72. The van der Waals surface area contributed by atoms with Crippen molar-refractivity contribution in [3.05, 3.63) is 69.8 Å². The van der Waals surface area contributed by atoms with Gasteiger partial charge in [0.1, 0.15) is 5.75 Å². The van der Waals surface area contributed by atoms with E-state index in [0.29, 0.717) is 23.7 Å². The number of hydrogen-bond donors (Lipinski definition) is 1. The number of amides is 1. The summed E-state index contributed by atoms with van der Waals surface area (Å²) in [6.45, 7) is 1.90. The maximum atomic E-state index is 12.1. The molecule has 0 bridgehead atoms. The highest BCUT2D eigenvalue weighted by Crippen LogP contribution is 2.32. The quantitative estimate of drug-likeness (QED) is 0.581. The summed E-state index contributed by atoms with van der Waals surface area (Å²) in [7, 11) is 0. The molecule has 26 heavy (non-hydrogen) atoms. The Morgan fingerprint density at radius 1 is 1.27 bits per heavy atom. The molecular weight excluding hydrogens is 332 g/mol. The van der Waals surface area contributed by atoms with Crippen molar-refractivity contribution in [2.24, 2.45) is 5.92 Å². The van der Waals surface area contributed by atoms with E-state index in [9.17, 15) is 14.9 Å². The second kappa shape index (κ2) is 7.99. The molecule has 2 aromatic rings. The Kier molecular flexibility index (Phi) is 5.51. The Bertz CT molecular complexity index is 788. The lowest BCUT2D eigenvalue weighted by molar-refractivity contribution is -0.384. The molecule has 0 saturated heterocycles. The third kappa shape index (κ3) is 4.81. The van der Waals surface area contributed by atoms with Crippen LogP contribution in [0.3, 0.4) is 0 Å². The Balaban J connectivity index is 1.70. The predicted octanol–water partition coefficient (Wildman–Crippen LogP) is 3.48. The fraction of sp³-hybridized carbons (Fsp3) is 0.350. The average Bonchev–Trinajstić information content (AvgIpc) is 3.46. The molecule has 0 heterocycles. The van der Waals surface area contributed by atoms with Gasteiger partial charge in [-0.3, -0.25) is 14.9 Å². The van der Waals surface area contributed by atoms with Gasteiger partial charge in [0.05, 0.1) is 4.92 Å². The average molecular weight is 354 g/mol. The molecular formula is C20H22N2O4. The molecule has 136 valence electrons. The van der Waals surface area contributed by atoms with Crippen molar-refractivity contribution >= 4 is 11.6 Å². The van der Waals surface area contributed by atoms with Gasteiger partial charge in [-0.1, -0.05) is 30.3 Å². The number of nitrogens with one attached hydrogen (secondary N) is 1. The molecule has 1 atom stereocenters. The van der Waals surface area contributed by atoms with Crippen LogP contribution >= 0.6 is 0 Å². The minimum atomic E-state index is -0.428. The van der Waals surface area contributed by atoms with Gasteiger partial charge in [-0.2, -0.15) is 0 Å². The van der Waals surface area contributed by atoms with Crippen LogP contribution in [0.1, 0.15) is 30.9 Å². The van der Waals surface area contributed by atoms with Gasteiger partial charge in [0, 0.05) is 30.2 Å². The normalized spacial score (nSPS) is 14.5. The van der Waals surface area contributed by atoms with Crippen molar-refractivity contribution in [2.45, 2.75) is 32.2 Å². The Morgan fingerprint density at radius 2 is 2.00 bits per heavy atom. The molecule has 1 amide bonds. The Labute approximate surface area is 152 Å². The maximum absolute atomic E-state index is 12.1. The highest BCUT2D eigenvalue weighted by molar-refractivity contribution is 5.78. The molecule has 0 spiro atoms. The van der Waals surface area contributed by atoms with Crippen LogP contribution in [-0.2, 0) is 11.2 Å². The second-order valence-corrected chi connectivity index (χ2v) is 6.69. The number of nitro groups is 1. The smallest absolute Gasteiger partial charge is 0.269 e. The first kappa shape index (κ1) is 17.9. The largest absolute Gasteiger partial charge is 0.483 e. The number of hydrogen-bond acceptors (Lipinski definition) is 4. The fourth-order valence-corrected chi connectivity index (χ4v) is 2.93. The molecule has 1 aliphatic rings. The number of nitrogens with zero attached hydrogens (tertiary/aromatic N) is 1. The maximum Gasteiger partial charge on any atom is 0.269 e. The van der Waals surface area contributed by atoms with Gasteiger partial charge in [-0.05, 0) is 37.3 Å². The van der Waals surface area contributed by atoms with Gasteiger partial charge in [-0.15, -0.1) is 0 Å². The first-order valence-electron chi connectivity index (χ1n) is 8.76. The fourth-order valence-electron chi connectivity index (χ4n) is 2.93. The third-order valence-corrected chi connectivity index (χ3v) is 4.57. The monoisotopic (exact) mass is 354 g/mol. The number of benzene rings is 2. The minimum Gasteiger partial charge on any atom is -0.483 e. The van der Waals surface area contributed by atoms with E-state index in [4.69, 9.17) is 4.74 Å². The molecule has 1 aliphatic carbocycles. The lowest BCUT2D eigenvalue weighted by Crippen LogP contribution is -2.37. The SMILES string of the molecule is CC(NC(=O)COc1ccc([N+](=O)[O-])cc1Cc1ccccc1)C1CC1. The topological polar surface area (TPSA) is 81.5 Å². The zero-order chi connectivity index (χ0) is 18.5. The first-order chi connectivity index (χ1) is 12.5. The molecule has 2 aromatic carbocycles. The van der Waals surface area contributed by atoms with Crippen LogP contribution in [0.25, 0.3) is 0 Å². The van der Waals surface area contributed by atoms with E-state index < -0.39 is 4.92 Å². The van der Waals surface area contributed by atoms with Gasteiger partial charge >= 0.3 is 0 Å². The molecule has 0 aromatic heterocycles. The summed E-state index contributed by atoms with van der Waals surface area (Å²) < 4.78 is 5.67. The van der Waals surface area contributed by atoms with Crippen molar-refractivity contribution in [1.82, 2.24) is 5.32 Å². The number of carbonyl (C=O) groups excluding carboxylic acids is 1. The Morgan fingerprint density at radius 3 is 2.65 bits per heavy atom. The highest BCUT2D eigenvalue weighted by Gasteiger charge is 2.28. The van der Waals surface area contributed by atoms with E-state index >= 15 is 0 Å². The predicted molar refractivity (Wildman–Crippen MR) is 98.2 cm³/mol. The summed E-state index contributed by atoms with van der Waals surface area (Å²) >= 11 is 0. The second-order valence-electron chi connectivity index (χ2n) is 6.69. The highest BCUT2D eigenvalue weighted by atomic mass is 16.6. The summed E-state index contributed by atoms with van der Waals surface area (Å²) in [6.07, 6.45) is 2.82. The van der Waals surface area contributed by atoms with E-state index in [1.54, 1.807) is 6.07 Å². The summed E-state index contributed by atoms with van der Waals surface area (Å²) in [5.74, 6) is 0.897. The summed E-state index contributed by atoms with van der Waals surface area (Å²) in [5, 5.41) is 14.0. The van der Waals surface area contributed by atoms with Gasteiger partial charge in [0.2, 0.25) is 0 Å². The van der Waals surface area contributed by atoms with Crippen LogP contribution in [0, 0.1) is 16.0 Å². The zero-order valence-electron chi connectivity index (χ0n) is 14.7. The standard InChI is InChI=1S/C20H22N2O4/c1-14(16-7-8-16)21-20(23)13-26-19-10-9-18(22(24)25)12-17(19)11-15-5-3-2-4-6-15/h2-6,9-10,12,14,16H,7-8,11,13H2,1H3,(H,21,23). The van der Waals surface area contributed by atoms with Crippen LogP contribution in [0.4, 0.5) is 5.69 Å². The lowest BCUT2D eigenvalue weighted by Gasteiger charge is -2.15. The molecule has 6 nitrogen and oxygen atoms in total. The van der Waals surface area contributed by atoms with Crippen LogP contribution in [-0.4, -0.2) is 23.5 Å².